The molecule has 18 heavy (non-hydrogen) atoms. The van der Waals surface area contributed by atoms with Crippen molar-refractivity contribution in [1.29, 1.82) is 0 Å². The van der Waals surface area contributed by atoms with Crippen LogP contribution < -0.4 is 10.5 Å². The quantitative estimate of drug-likeness (QED) is 0.882. The lowest BCUT2D eigenvalue weighted by Crippen LogP contribution is -2.35. The molecule has 1 fully saturated rings. The highest BCUT2D eigenvalue weighted by atomic mass is 16.5. The van der Waals surface area contributed by atoms with Crippen LogP contribution in [-0.2, 0) is 6.42 Å². The van der Waals surface area contributed by atoms with Crippen LogP contribution in [0.25, 0.3) is 0 Å². The third-order valence-electron chi connectivity index (χ3n) is 3.60. The number of aryl methyl sites for hydroxylation is 1. The maximum absolute atomic E-state index is 6.18. The van der Waals surface area contributed by atoms with E-state index >= 15 is 0 Å². The molecule has 2 nitrogen and oxygen atoms in total. The maximum Gasteiger partial charge on any atom is 0.123 e. The van der Waals surface area contributed by atoms with Crippen LogP contribution in [0, 0.1) is 6.92 Å². The molecule has 1 aromatic rings. The van der Waals surface area contributed by atoms with Gasteiger partial charge in [-0.1, -0.05) is 12.1 Å². The molecular weight excluding hydrogens is 222 g/mol. The Morgan fingerprint density at radius 1 is 1.28 bits per heavy atom. The average Bonchev–Trinajstić information content (AvgIpc) is 2.74. The Kier molecular flexibility index (Phi) is 3.96. The molecule has 0 aliphatic heterocycles. The molecular formula is C16H25NO. The van der Waals surface area contributed by atoms with Crippen molar-refractivity contribution in [2.24, 2.45) is 5.73 Å². The zero-order valence-corrected chi connectivity index (χ0v) is 11.8. The Morgan fingerprint density at radius 2 is 1.94 bits per heavy atom. The van der Waals surface area contributed by atoms with Gasteiger partial charge < -0.3 is 10.5 Å². The summed E-state index contributed by atoms with van der Waals surface area (Å²) in [5.41, 5.74) is 8.52. The van der Waals surface area contributed by atoms with Gasteiger partial charge in [-0.2, -0.15) is 0 Å². The molecule has 100 valence electrons. The molecule has 0 aromatic heterocycles. The van der Waals surface area contributed by atoms with E-state index in [9.17, 15) is 0 Å². The van der Waals surface area contributed by atoms with Crippen molar-refractivity contribution >= 4 is 0 Å². The van der Waals surface area contributed by atoms with E-state index in [1.165, 1.54) is 36.8 Å². The van der Waals surface area contributed by atoms with Crippen molar-refractivity contribution in [2.45, 2.75) is 64.5 Å². The first-order valence-corrected chi connectivity index (χ1v) is 7.00. The molecule has 2 N–H and O–H groups in total. The van der Waals surface area contributed by atoms with E-state index in [4.69, 9.17) is 10.5 Å². The van der Waals surface area contributed by atoms with Crippen LogP contribution in [0.1, 0.15) is 50.7 Å². The molecule has 0 saturated heterocycles. The van der Waals surface area contributed by atoms with Crippen molar-refractivity contribution < 1.29 is 4.74 Å². The Hall–Kier alpha value is -1.02. The fourth-order valence-corrected chi connectivity index (χ4v) is 2.65. The van der Waals surface area contributed by atoms with E-state index < -0.39 is 0 Å². The van der Waals surface area contributed by atoms with Gasteiger partial charge in [0.05, 0.1) is 6.10 Å². The minimum Gasteiger partial charge on any atom is -0.490 e. The number of nitrogens with two attached hydrogens (primary N) is 1. The predicted molar refractivity (Wildman–Crippen MR) is 76.0 cm³/mol. The van der Waals surface area contributed by atoms with Gasteiger partial charge in [-0.05, 0) is 70.1 Å². The zero-order chi connectivity index (χ0) is 13.2. The second kappa shape index (κ2) is 5.31. The minimum atomic E-state index is -0.195. The maximum atomic E-state index is 6.18. The summed E-state index contributed by atoms with van der Waals surface area (Å²) in [5.74, 6) is 1.04. The molecule has 2 rings (SSSR count). The van der Waals surface area contributed by atoms with Crippen molar-refractivity contribution in [1.82, 2.24) is 0 Å². The summed E-state index contributed by atoms with van der Waals surface area (Å²) in [4.78, 5) is 0. The first-order valence-electron chi connectivity index (χ1n) is 7.00. The van der Waals surface area contributed by atoms with E-state index in [1.54, 1.807) is 0 Å². The van der Waals surface area contributed by atoms with Gasteiger partial charge in [0.2, 0.25) is 0 Å². The summed E-state index contributed by atoms with van der Waals surface area (Å²) in [6.07, 6.45) is 6.26. The van der Waals surface area contributed by atoms with Crippen LogP contribution in [0.15, 0.2) is 18.2 Å². The lowest BCUT2D eigenvalue weighted by molar-refractivity contribution is 0.207. The van der Waals surface area contributed by atoms with E-state index in [2.05, 4.69) is 39.0 Å². The third-order valence-corrected chi connectivity index (χ3v) is 3.60. The molecule has 0 spiro atoms. The first-order chi connectivity index (χ1) is 8.46. The van der Waals surface area contributed by atoms with E-state index in [0.29, 0.717) is 6.10 Å². The van der Waals surface area contributed by atoms with Gasteiger partial charge in [0, 0.05) is 5.54 Å². The number of hydrogen-bond donors (Lipinski definition) is 1. The second-order valence-electron chi connectivity index (χ2n) is 6.24. The molecule has 1 aliphatic rings. The summed E-state index contributed by atoms with van der Waals surface area (Å²) in [6.45, 7) is 6.28. The average molecular weight is 247 g/mol. The SMILES string of the molecule is Cc1cccc(OC2CCCC2)c1CC(C)(C)N. The van der Waals surface area contributed by atoms with Crippen molar-refractivity contribution in [2.75, 3.05) is 0 Å². The van der Waals surface area contributed by atoms with Gasteiger partial charge in [0.15, 0.2) is 0 Å². The van der Waals surface area contributed by atoms with Gasteiger partial charge >= 0.3 is 0 Å². The van der Waals surface area contributed by atoms with E-state index in [1.807, 2.05) is 0 Å². The minimum absolute atomic E-state index is 0.195. The smallest absolute Gasteiger partial charge is 0.123 e. The normalized spacial score (nSPS) is 17.1. The molecule has 2 heteroatoms. The molecule has 1 saturated carbocycles. The molecule has 0 atom stereocenters. The Labute approximate surface area is 111 Å². The predicted octanol–water partition coefficient (Wildman–Crippen LogP) is 3.60. The van der Waals surface area contributed by atoms with Crippen molar-refractivity contribution in [3.8, 4) is 5.75 Å². The summed E-state index contributed by atoms with van der Waals surface area (Å²) in [7, 11) is 0. The summed E-state index contributed by atoms with van der Waals surface area (Å²) in [6, 6.07) is 6.31. The highest BCUT2D eigenvalue weighted by Gasteiger charge is 2.21. The monoisotopic (exact) mass is 247 g/mol. The third kappa shape index (κ3) is 3.49. The highest BCUT2D eigenvalue weighted by Crippen LogP contribution is 2.30. The first kappa shape index (κ1) is 13.4. The van der Waals surface area contributed by atoms with Crippen LogP contribution >= 0.6 is 0 Å². The van der Waals surface area contributed by atoms with Crippen LogP contribution in [0.4, 0.5) is 0 Å². The Morgan fingerprint density at radius 3 is 2.56 bits per heavy atom. The van der Waals surface area contributed by atoms with E-state index in [0.717, 1.165) is 12.2 Å². The molecule has 0 radical (unpaired) electrons. The fraction of sp³-hybridized carbons (Fsp3) is 0.625. The zero-order valence-electron chi connectivity index (χ0n) is 11.8. The molecule has 0 unspecified atom stereocenters. The van der Waals surface area contributed by atoms with Crippen molar-refractivity contribution in [3.63, 3.8) is 0 Å². The summed E-state index contributed by atoms with van der Waals surface area (Å²) < 4.78 is 6.18. The number of hydrogen-bond acceptors (Lipinski definition) is 2. The van der Waals surface area contributed by atoms with Crippen LogP contribution in [0.2, 0.25) is 0 Å². The lowest BCUT2D eigenvalue weighted by Gasteiger charge is -2.24. The van der Waals surface area contributed by atoms with E-state index in [-0.39, 0.29) is 5.54 Å². The summed E-state index contributed by atoms with van der Waals surface area (Å²) in [5, 5.41) is 0. The second-order valence-corrected chi connectivity index (χ2v) is 6.24. The van der Waals surface area contributed by atoms with Crippen LogP contribution in [-0.4, -0.2) is 11.6 Å². The van der Waals surface area contributed by atoms with Gasteiger partial charge in [-0.25, -0.2) is 0 Å². The molecule has 1 aromatic carbocycles. The molecule has 0 bridgehead atoms. The molecule has 0 heterocycles. The Balaban J connectivity index is 2.20. The van der Waals surface area contributed by atoms with Gasteiger partial charge in [0.25, 0.3) is 0 Å². The van der Waals surface area contributed by atoms with Gasteiger partial charge in [-0.15, -0.1) is 0 Å². The van der Waals surface area contributed by atoms with Gasteiger partial charge in [-0.3, -0.25) is 0 Å². The Bertz CT molecular complexity index is 400. The molecule has 1 aliphatic carbocycles. The number of rotatable bonds is 4. The molecule has 0 amide bonds. The lowest BCUT2D eigenvalue weighted by atomic mass is 9.92. The van der Waals surface area contributed by atoms with Crippen LogP contribution in [0.3, 0.4) is 0 Å². The van der Waals surface area contributed by atoms with Crippen molar-refractivity contribution in [3.05, 3.63) is 29.3 Å². The topological polar surface area (TPSA) is 35.2 Å². The fourth-order valence-electron chi connectivity index (χ4n) is 2.65. The standard InChI is InChI=1S/C16H25NO/c1-12-7-6-10-15(14(12)11-16(2,3)17)18-13-8-4-5-9-13/h6-7,10,13H,4-5,8-9,11,17H2,1-3H3. The highest BCUT2D eigenvalue weighted by molar-refractivity contribution is 5.40. The van der Waals surface area contributed by atoms with Crippen LogP contribution in [0.5, 0.6) is 5.75 Å². The number of benzene rings is 1. The largest absolute Gasteiger partial charge is 0.490 e. The number of ether oxygens (including phenoxy) is 1. The summed E-state index contributed by atoms with van der Waals surface area (Å²) >= 11 is 0. The van der Waals surface area contributed by atoms with Gasteiger partial charge in [0.1, 0.15) is 5.75 Å².